The number of aryl methyl sites for hydroxylation is 3. The number of para-hydroxylation sites is 2. The molecular formula is C53H39N5. The summed E-state index contributed by atoms with van der Waals surface area (Å²) in [6.07, 6.45) is 5.66. The van der Waals surface area contributed by atoms with Crippen LogP contribution < -0.4 is 9.80 Å². The van der Waals surface area contributed by atoms with Crippen LogP contribution in [0, 0.1) is 20.8 Å². The van der Waals surface area contributed by atoms with E-state index >= 15 is 0 Å². The standard InChI is InChI=1S/C53H39N5/c1-34-28-35(2)30-42(29-34)58-51-31-39(37-22-25-54-26-23-37)17-20-49(51)57(40-18-16-36(3)46(32-40)53-43-11-5-4-10-38(43)24-27-55-53)50-21-19-41(33-52(50)58)56-47-14-8-6-12-44(47)45-13-7-9-15-48(45)56/h4-33H,1-3H3. The van der Waals surface area contributed by atoms with Crippen molar-refractivity contribution < 1.29 is 0 Å². The summed E-state index contributed by atoms with van der Waals surface area (Å²) < 4.78 is 2.41. The lowest BCUT2D eigenvalue weighted by Crippen LogP contribution is -2.24. The number of hydrogen-bond acceptors (Lipinski definition) is 4. The number of hydrogen-bond donors (Lipinski definition) is 0. The molecule has 5 heteroatoms. The fourth-order valence-corrected chi connectivity index (χ4v) is 9.07. The van der Waals surface area contributed by atoms with E-state index in [0.717, 1.165) is 67.6 Å². The molecule has 1 aliphatic rings. The van der Waals surface area contributed by atoms with Crippen molar-refractivity contribution in [3.8, 4) is 28.1 Å². The molecule has 0 saturated carbocycles. The number of pyridine rings is 2. The van der Waals surface area contributed by atoms with E-state index < -0.39 is 0 Å². The van der Waals surface area contributed by atoms with Crippen LogP contribution in [0.15, 0.2) is 182 Å². The average Bonchev–Trinajstić information content (AvgIpc) is 3.59. The molecule has 0 saturated heterocycles. The normalized spacial score (nSPS) is 12.3. The van der Waals surface area contributed by atoms with Crippen molar-refractivity contribution in [3.05, 3.63) is 199 Å². The first-order chi connectivity index (χ1) is 28.5. The predicted octanol–water partition coefficient (Wildman–Crippen LogP) is 14.2. The maximum absolute atomic E-state index is 4.98. The maximum atomic E-state index is 4.98. The van der Waals surface area contributed by atoms with E-state index in [0.29, 0.717) is 0 Å². The first-order valence-electron chi connectivity index (χ1n) is 19.8. The summed E-state index contributed by atoms with van der Waals surface area (Å²) in [6, 6.07) is 59.7. The zero-order valence-electron chi connectivity index (χ0n) is 32.6. The Kier molecular flexibility index (Phi) is 7.76. The molecule has 7 aromatic carbocycles. The van der Waals surface area contributed by atoms with Gasteiger partial charge in [0, 0.05) is 57.4 Å². The first kappa shape index (κ1) is 33.8. The van der Waals surface area contributed by atoms with Gasteiger partial charge in [-0.15, -0.1) is 0 Å². The zero-order chi connectivity index (χ0) is 38.9. The molecule has 5 nitrogen and oxygen atoms in total. The van der Waals surface area contributed by atoms with Crippen LogP contribution in [-0.2, 0) is 0 Å². The predicted molar refractivity (Wildman–Crippen MR) is 242 cm³/mol. The van der Waals surface area contributed by atoms with Crippen molar-refractivity contribution in [1.82, 2.24) is 14.5 Å². The fourth-order valence-electron chi connectivity index (χ4n) is 9.07. The largest absolute Gasteiger partial charge is 0.309 e. The quantitative estimate of drug-likeness (QED) is 0.176. The van der Waals surface area contributed by atoms with Crippen molar-refractivity contribution in [3.63, 3.8) is 0 Å². The molecule has 276 valence electrons. The minimum atomic E-state index is 0.988. The third-order valence-corrected chi connectivity index (χ3v) is 11.6. The maximum Gasteiger partial charge on any atom is 0.0783 e. The van der Waals surface area contributed by atoms with Crippen LogP contribution in [0.1, 0.15) is 16.7 Å². The zero-order valence-corrected chi connectivity index (χ0v) is 32.6. The lowest BCUT2D eigenvalue weighted by atomic mass is 9.97. The van der Waals surface area contributed by atoms with Gasteiger partial charge in [0.2, 0.25) is 0 Å². The van der Waals surface area contributed by atoms with Crippen LogP contribution in [0.4, 0.5) is 34.1 Å². The second-order valence-electron chi connectivity index (χ2n) is 15.4. The van der Waals surface area contributed by atoms with Crippen LogP contribution in [0.2, 0.25) is 0 Å². The highest BCUT2D eigenvalue weighted by molar-refractivity contribution is 6.10. The highest BCUT2D eigenvalue weighted by atomic mass is 15.3. The minimum absolute atomic E-state index is 0.988. The molecular weight excluding hydrogens is 707 g/mol. The van der Waals surface area contributed by atoms with Crippen molar-refractivity contribution in [2.75, 3.05) is 9.80 Å². The second-order valence-corrected chi connectivity index (χ2v) is 15.4. The molecule has 58 heavy (non-hydrogen) atoms. The van der Waals surface area contributed by atoms with Crippen LogP contribution >= 0.6 is 0 Å². The van der Waals surface area contributed by atoms with Crippen molar-refractivity contribution in [2.24, 2.45) is 0 Å². The lowest BCUT2D eigenvalue weighted by Gasteiger charge is -2.41. The molecule has 0 atom stereocenters. The van der Waals surface area contributed by atoms with Gasteiger partial charge in [0.05, 0.1) is 39.5 Å². The molecule has 0 fully saturated rings. The van der Waals surface area contributed by atoms with Gasteiger partial charge in [-0.1, -0.05) is 78.9 Å². The third kappa shape index (κ3) is 5.39. The van der Waals surface area contributed by atoms with E-state index in [1.807, 2.05) is 18.6 Å². The van der Waals surface area contributed by atoms with Gasteiger partial charge in [-0.3, -0.25) is 9.97 Å². The summed E-state index contributed by atoms with van der Waals surface area (Å²) in [7, 11) is 0. The monoisotopic (exact) mass is 745 g/mol. The van der Waals surface area contributed by atoms with E-state index in [4.69, 9.17) is 4.98 Å². The SMILES string of the molecule is Cc1cc(C)cc(N2c3cc(-c4ccncc4)ccc3N(c3ccc(C)c(-c4nccc5ccccc45)c3)c3ccc(-n4c5ccccc5c5ccccc54)cc32)c1. The highest BCUT2D eigenvalue weighted by Gasteiger charge is 2.32. The Hall–Kier alpha value is -7.50. The van der Waals surface area contributed by atoms with Crippen LogP contribution in [0.5, 0.6) is 0 Å². The van der Waals surface area contributed by atoms with Gasteiger partial charge in [0.1, 0.15) is 0 Å². The topological polar surface area (TPSA) is 37.2 Å². The number of aromatic nitrogens is 3. The van der Waals surface area contributed by atoms with E-state index in [2.05, 4.69) is 204 Å². The summed E-state index contributed by atoms with van der Waals surface area (Å²) in [5, 5.41) is 4.80. The number of nitrogens with zero attached hydrogens (tertiary/aromatic N) is 5. The van der Waals surface area contributed by atoms with Gasteiger partial charge in [0.25, 0.3) is 0 Å². The summed E-state index contributed by atoms with van der Waals surface area (Å²) >= 11 is 0. The molecule has 0 unspecified atom stereocenters. The van der Waals surface area contributed by atoms with Gasteiger partial charge >= 0.3 is 0 Å². The van der Waals surface area contributed by atoms with Crippen molar-refractivity contribution in [2.45, 2.75) is 20.8 Å². The summed E-state index contributed by atoms with van der Waals surface area (Å²) in [6.45, 7) is 6.55. The number of anilines is 6. The molecule has 4 heterocycles. The molecule has 0 amide bonds. The van der Waals surface area contributed by atoms with Gasteiger partial charge in [-0.05, 0) is 139 Å². The van der Waals surface area contributed by atoms with Gasteiger partial charge in [-0.2, -0.15) is 0 Å². The Morgan fingerprint density at radius 2 is 1.03 bits per heavy atom. The van der Waals surface area contributed by atoms with Gasteiger partial charge < -0.3 is 14.4 Å². The van der Waals surface area contributed by atoms with Crippen molar-refractivity contribution in [1.29, 1.82) is 0 Å². The smallest absolute Gasteiger partial charge is 0.0783 e. The summed E-state index contributed by atoms with van der Waals surface area (Å²) in [4.78, 5) is 14.2. The second kappa shape index (κ2) is 13.3. The number of benzene rings is 7. The highest BCUT2D eigenvalue weighted by Crippen LogP contribution is 2.56. The van der Waals surface area contributed by atoms with Crippen molar-refractivity contribution >= 4 is 66.7 Å². The Morgan fingerprint density at radius 3 is 1.78 bits per heavy atom. The molecule has 0 bridgehead atoms. The molecule has 3 aromatic heterocycles. The molecule has 0 spiro atoms. The fraction of sp³-hybridized carbons (Fsp3) is 0.0566. The molecule has 0 radical (unpaired) electrons. The van der Waals surface area contributed by atoms with Crippen LogP contribution in [-0.4, -0.2) is 14.5 Å². The summed E-state index contributed by atoms with van der Waals surface area (Å²) in [5.74, 6) is 0. The van der Waals surface area contributed by atoms with Crippen LogP contribution in [0.3, 0.4) is 0 Å². The van der Waals surface area contributed by atoms with Crippen LogP contribution in [0.25, 0.3) is 60.6 Å². The van der Waals surface area contributed by atoms with E-state index in [1.165, 1.54) is 43.9 Å². The van der Waals surface area contributed by atoms with E-state index in [-0.39, 0.29) is 0 Å². The first-order valence-corrected chi connectivity index (χ1v) is 19.8. The summed E-state index contributed by atoms with van der Waals surface area (Å²) in [5.41, 5.74) is 18.0. The Balaban J connectivity index is 1.21. The Labute approximate surface area is 337 Å². The van der Waals surface area contributed by atoms with E-state index in [1.54, 1.807) is 0 Å². The molecule has 0 aliphatic carbocycles. The molecule has 0 N–H and O–H groups in total. The number of rotatable bonds is 5. The Morgan fingerprint density at radius 1 is 0.414 bits per heavy atom. The number of fused-ring (bicyclic) bond motifs is 6. The van der Waals surface area contributed by atoms with Gasteiger partial charge in [0.15, 0.2) is 0 Å². The molecule has 10 aromatic rings. The minimum Gasteiger partial charge on any atom is -0.309 e. The average molecular weight is 746 g/mol. The lowest BCUT2D eigenvalue weighted by molar-refractivity contribution is 1.13. The third-order valence-electron chi connectivity index (χ3n) is 11.6. The van der Waals surface area contributed by atoms with Gasteiger partial charge in [-0.25, -0.2) is 0 Å². The molecule has 1 aliphatic heterocycles. The van der Waals surface area contributed by atoms with E-state index in [9.17, 15) is 0 Å². The molecule has 11 rings (SSSR count). The Bertz CT molecular complexity index is 3160.